The number of sulfone groups is 1. The molecule has 1 aliphatic heterocycles. The Kier molecular flexibility index (Phi) is 2.01. The van der Waals surface area contributed by atoms with Crippen molar-refractivity contribution < 1.29 is 22.7 Å². The highest BCUT2D eigenvalue weighted by Gasteiger charge is 2.61. The molecule has 1 saturated heterocycles. The second-order valence-corrected chi connectivity index (χ2v) is 5.97. The molecule has 1 N–H and O–H groups in total. The minimum atomic E-state index is -3.55. The van der Waals surface area contributed by atoms with Gasteiger partial charge < -0.3 is 5.11 Å². The van der Waals surface area contributed by atoms with Crippen molar-refractivity contribution in [3.05, 3.63) is 24.1 Å². The van der Waals surface area contributed by atoms with Crippen LogP contribution in [0.5, 0.6) is 0 Å². The molecule has 1 aliphatic carbocycles. The predicted molar refractivity (Wildman–Crippen MR) is 50.6 cm³/mol. The van der Waals surface area contributed by atoms with E-state index in [9.17, 15) is 17.6 Å². The molecule has 0 bridgehead atoms. The topological polar surface area (TPSA) is 71.4 Å². The van der Waals surface area contributed by atoms with Crippen molar-refractivity contribution in [2.75, 3.05) is 5.75 Å². The third-order valence-electron chi connectivity index (χ3n) is 2.83. The monoisotopic (exact) mass is 232 g/mol. The van der Waals surface area contributed by atoms with Crippen LogP contribution in [0.1, 0.15) is 6.42 Å². The number of aliphatic carboxylic acids is 1. The Morgan fingerprint density at radius 1 is 1.60 bits per heavy atom. The quantitative estimate of drug-likeness (QED) is 0.721. The van der Waals surface area contributed by atoms with Crippen molar-refractivity contribution in [1.29, 1.82) is 0 Å². The fourth-order valence-electron chi connectivity index (χ4n) is 2.16. The Morgan fingerprint density at radius 2 is 2.27 bits per heavy atom. The first-order valence-corrected chi connectivity index (χ1v) is 6.08. The van der Waals surface area contributed by atoms with Gasteiger partial charge in [-0.2, -0.15) is 0 Å². The van der Waals surface area contributed by atoms with Crippen molar-refractivity contribution in [3.8, 4) is 0 Å². The van der Waals surface area contributed by atoms with Crippen molar-refractivity contribution in [3.63, 3.8) is 0 Å². The van der Waals surface area contributed by atoms with Crippen LogP contribution >= 0.6 is 0 Å². The standard InChI is InChI=1S/C9H9FO4S/c10-6-1-3-9(4-2-6)5-15(13,14)7(9)8(11)12/h1-3,7H,4-5H2,(H,11,12)/t7-,9-/m1/s1. The Balaban J connectivity index is 2.35. The van der Waals surface area contributed by atoms with E-state index in [2.05, 4.69) is 0 Å². The zero-order chi connectivity index (χ0) is 11.3. The maximum atomic E-state index is 12.7. The summed E-state index contributed by atoms with van der Waals surface area (Å²) in [4.78, 5) is 10.8. The summed E-state index contributed by atoms with van der Waals surface area (Å²) in [5.41, 5.74) is -0.930. The number of carboxylic acids is 1. The van der Waals surface area contributed by atoms with Crippen molar-refractivity contribution in [2.45, 2.75) is 11.7 Å². The summed E-state index contributed by atoms with van der Waals surface area (Å²) in [5, 5.41) is 7.40. The van der Waals surface area contributed by atoms with E-state index >= 15 is 0 Å². The molecular formula is C9H9FO4S. The van der Waals surface area contributed by atoms with Gasteiger partial charge in [-0.1, -0.05) is 6.08 Å². The lowest BCUT2D eigenvalue weighted by Crippen LogP contribution is -2.60. The molecule has 0 amide bonds. The van der Waals surface area contributed by atoms with Crippen LogP contribution in [0.2, 0.25) is 0 Å². The molecule has 1 fully saturated rings. The largest absolute Gasteiger partial charge is 0.480 e. The van der Waals surface area contributed by atoms with Crippen LogP contribution in [-0.2, 0) is 14.6 Å². The molecule has 6 heteroatoms. The van der Waals surface area contributed by atoms with Gasteiger partial charge in [-0.3, -0.25) is 4.79 Å². The van der Waals surface area contributed by atoms with Crippen molar-refractivity contribution in [1.82, 2.24) is 0 Å². The molecule has 1 heterocycles. The third-order valence-corrected chi connectivity index (χ3v) is 5.16. The molecule has 2 atom stereocenters. The van der Waals surface area contributed by atoms with E-state index in [0.717, 1.165) is 6.08 Å². The molecule has 1 spiro atoms. The van der Waals surface area contributed by atoms with Crippen molar-refractivity contribution in [2.24, 2.45) is 5.41 Å². The van der Waals surface area contributed by atoms with Gasteiger partial charge in [-0.05, 0) is 18.6 Å². The smallest absolute Gasteiger partial charge is 0.322 e. The van der Waals surface area contributed by atoms with Gasteiger partial charge in [-0.15, -0.1) is 0 Å². The predicted octanol–water partition coefficient (Wildman–Crippen LogP) is 0.668. The van der Waals surface area contributed by atoms with Gasteiger partial charge in [0.1, 0.15) is 5.83 Å². The molecule has 15 heavy (non-hydrogen) atoms. The van der Waals surface area contributed by atoms with Crippen LogP contribution in [-0.4, -0.2) is 30.5 Å². The van der Waals surface area contributed by atoms with Gasteiger partial charge in [0.25, 0.3) is 0 Å². The average Bonchev–Trinajstić information content (AvgIpc) is 2.06. The van der Waals surface area contributed by atoms with Gasteiger partial charge in [-0.25, -0.2) is 12.8 Å². The fraction of sp³-hybridized carbons (Fsp3) is 0.444. The Labute approximate surface area is 86.0 Å². The number of allylic oxidation sites excluding steroid dienone is 4. The van der Waals surface area contributed by atoms with E-state index in [1.165, 1.54) is 12.2 Å². The Morgan fingerprint density at radius 3 is 2.67 bits per heavy atom. The molecule has 0 saturated carbocycles. The first-order chi connectivity index (χ1) is 6.87. The highest BCUT2D eigenvalue weighted by Crippen LogP contribution is 2.47. The summed E-state index contributed by atoms with van der Waals surface area (Å²) in [6.45, 7) is 0. The molecule has 0 radical (unpaired) electrons. The second-order valence-electron chi connectivity index (χ2n) is 3.89. The van der Waals surface area contributed by atoms with Gasteiger partial charge in [0, 0.05) is 5.41 Å². The van der Waals surface area contributed by atoms with Crippen LogP contribution < -0.4 is 0 Å². The lowest BCUT2D eigenvalue weighted by Gasteiger charge is -2.44. The molecule has 0 aromatic rings. The number of carbonyl (C=O) groups is 1. The lowest BCUT2D eigenvalue weighted by atomic mass is 9.79. The van der Waals surface area contributed by atoms with E-state index in [-0.39, 0.29) is 12.2 Å². The molecule has 4 nitrogen and oxygen atoms in total. The fourth-order valence-corrected chi connectivity index (χ4v) is 4.44. The number of rotatable bonds is 1. The van der Waals surface area contributed by atoms with Crippen LogP contribution in [0, 0.1) is 5.41 Å². The third kappa shape index (κ3) is 1.40. The molecular weight excluding hydrogens is 223 g/mol. The summed E-state index contributed by atoms with van der Waals surface area (Å²) in [5.74, 6) is -2.02. The maximum absolute atomic E-state index is 12.7. The van der Waals surface area contributed by atoms with Gasteiger partial charge in [0.15, 0.2) is 15.1 Å². The number of carboxylic acid groups (broad SMARTS) is 1. The summed E-state index contributed by atoms with van der Waals surface area (Å²) in [7, 11) is -3.55. The minimum Gasteiger partial charge on any atom is -0.480 e. The van der Waals surface area contributed by atoms with Crippen molar-refractivity contribution >= 4 is 15.8 Å². The molecule has 0 aromatic carbocycles. The Hall–Kier alpha value is -1.17. The zero-order valence-electron chi connectivity index (χ0n) is 7.68. The molecule has 2 rings (SSSR count). The zero-order valence-corrected chi connectivity index (χ0v) is 8.50. The Bertz CT molecular complexity index is 476. The number of hydrogen-bond donors (Lipinski definition) is 1. The first-order valence-electron chi connectivity index (χ1n) is 4.37. The maximum Gasteiger partial charge on any atom is 0.322 e. The van der Waals surface area contributed by atoms with Crippen LogP contribution in [0.25, 0.3) is 0 Å². The molecule has 2 aliphatic rings. The normalized spacial score (nSPS) is 37.1. The van der Waals surface area contributed by atoms with E-state index in [1.807, 2.05) is 0 Å². The molecule has 82 valence electrons. The van der Waals surface area contributed by atoms with Gasteiger partial charge in [0.2, 0.25) is 0 Å². The summed E-state index contributed by atoms with van der Waals surface area (Å²) >= 11 is 0. The van der Waals surface area contributed by atoms with Gasteiger partial charge >= 0.3 is 5.97 Å². The van der Waals surface area contributed by atoms with Crippen LogP contribution in [0.3, 0.4) is 0 Å². The first kappa shape index (κ1) is 10.4. The van der Waals surface area contributed by atoms with E-state index < -0.39 is 32.3 Å². The van der Waals surface area contributed by atoms with Gasteiger partial charge in [0.05, 0.1) is 5.75 Å². The van der Waals surface area contributed by atoms with E-state index in [1.54, 1.807) is 0 Å². The summed E-state index contributed by atoms with van der Waals surface area (Å²) in [6.07, 6.45) is 3.85. The summed E-state index contributed by atoms with van der Waals surface area (Å²) in [6, 6.07) is 0. The van der Waals surface area contributed by atoms with E-state index in [0.29, 0.717) is 0 Å². The summed E-state index contributed by atoms with van der Waals surface area (Å²) < 4.78 is 35.3. The van der Waals surface area contributed by atoms with E-state index in [4.69, 9.17) is 5.11 Å². The number of hydrogen-bond acceptors (Lipinski definition) is 3. The minimum absolute atomic E-state index is 0.130. The second kappa shape index (κ2) is 2.91. The average molecular weight is 232 g/mol. The SMILES string of the molecule is O=C(O)[C@@H]1[C@@]2(C=CC(F)=CC2)CS1(=O)=O. The van der Waals surface area contributed by atoms with Crippen LogP contribution in [0.4, 0.5) is 4.39 Å². The highest BCUT2D eigenvalue weighted by molar-refractivity contribution is 7.94. The molecule has 0 unspecified atom stereocenters. The van der Waals surface area contributed by atoms with Crippen LogP contribution in [0.15, 0.2) is 24.1 Å². The molecule has 0 aromatic heterocycles. The lowest BCUT2D eigenvalue weighted by molar-refractivity contribution is -0.138. The number of halogens is 1. The highest BCUT2D eigenvalue weighted by atomic mass is 32.2.